The minimum Gasteiger partial charge on any atom is -0.342 e. The van der Waals surface area contributed by atoms with E-state index in [1.165, 1.54) is 0 Å². The summed E-state index contributed by atoms with van der Waals surface area (Å²) in [6.07, 6.45) is 3.20. The maximum atomic E-state index is 12.3. The molecule has 7 heteroatoms. The number of H-pyrrole nitrogens is 2. The van der Waals surface area contributed by atoms with E-state index in [0.717, 1.165) is 48.9 Å². The second-order valence-corrected chi connectivity index (χ2v) is 6.89. The molecule has 1 amide bonds. The van der Waals surface area contributed by atoms with Crippen LogP contribution in [0, 0.1) is 5.41 Å². The lowest BCUT2D eigenvalue weighted by atomic mass is 9.90. The number of nitrogens with zero attached hydrogens (tertiary/aromatic N) is 1. The van der Waals surface area contributed by atoms with Gasteiger partial charge in [0.05, 0.1) is 11.0 Å². The van der Waals surface area contributed by atoms with Crippen molar-refractivity contribution in [1.29, 1.82) is 0 Å². The number of carbonyl (C=O) groups is 1. The molecule has 0 bridgehead atoms. The molecule has 1 aliphatic rings. The molecule has 1 saturated heterocycles. The Kier molecular flexibility index (Phi) is 5.72. The molecule has 3 rings (SSSR count). The van der Waals surface area contributed by atoms with Gasteiger partial charge in [0.2, 0.25) is 5.91 Å². The first-order valence-corrected chi connectivity index (χ1v) is 8.18. The van der Waals surface area contributed by atoms with Crippen LogP contribution in [0.4, 0.5) is 0 Å². The fraction of sp³-hybridized carbons (Fsp3) is 0.529. The van der Waals surface area contributed by atoms with Crippen LogP contribution in [0.25, 0.3) is 11.0 Å². The lowest BCUT2D eigenvalue weighted by molar-refractivity contribution is -0.130. The molecular formula is C17H25ClN4O2. The predicted octanol–water partition coefficient (Wildman–Crippen LogP) is 1.80. The summed E-state index contributed by atoms with van der Waals surface area (Å²) in [6.45, 7) is 4.38. The number of aryl methyl sites for hydroxylation is 1. The number of likely N-dealkylation sites (tertiary alicyclic amines) is 1. The average molecular weight is 353 g/mol. The Bertz CT molecular complexity index is 769. The number of imidazole rings is 1. The molecule has 0 aliphatic carbocycles. The average Bonchev–Trinajstić information content (AvgIpc) is 3.09. The fourth-order valence-electron chi connectivity index (χ4n) is 3.24. The number of amides is 1. The molecule has 4 N–H and O–H groups in total. The quantitative estimate of drug-likeness (QED) is 0.765. The van der Waals surface area contributed by atoms with Crippen LogP contribution in [-0.2, 0) is 11.2 Å². The molecule has 2 aromatic rings. The summed E-state index contributed by atoms with van der Waals surface area (Å²) in [4.78, 5) is 31.0. The van der Waals surface area contributed by atoms with Gasteiger partial charge in [-0.15, -0.1) is 12.4 Å². The summed E-state index contributed by atoms with van der Waals surface area (Å²) in [6, 6.07) is 5.87. The van der Waals surface area contributed by atoms with Crippen molar-refractivity contribution in [3.8, 4) is 0 Å². The van der Waals surface area contributed by atoms with Crippen molar-refractivity contribution in [2.75, 3.05) is 19.6 Å². The molecular weight excluding hydrogens is 328 g/mol. The van der Waals surface area contributed by atoms with Gasteiger partial charge in [-0.25, -0.2) is 4.79 Å². The van der Waals surface area contributed by atoms with Gasteiger partial charge in [-0.2, -0.15) is 0 Å². The molecule has 1 atom stereocenters. The summed E-state index contributed by atoms with van der Waals surface area (Å²) in [5.74, 6) is 0.221. The largest absolute Gasteiger partial charge is 0.342 e. The number of aromatic amines is 2. The molecule has 1 aliphatic heterocycles. The van der Waals surface area contributed by atoms with Crippen LogP contribution in [0.3, 0.4) is 0 Å². The SMILES string of the molecule is CC1(CN)CCN(C(=O)CCCc2ccc3[nH]c(=O)[nH]c3c2)C1.Cl. The van der Waals surface area contributed by atoms with Crippen molar-refractivity contribution >= 4 is 29.3 Å². The Hall–Kier alpha value is -1.79. The van der Waals surface area contributed by atoms with Crippen LogP contribution in [-0.4, -0.2) is 40.4 Å². The third-order valence-electron chi connectivity index (χ3n) is 4.84. The molecule has 1 aromatic carbocycles. The van der Waals surface area contributed by atoms with Gasteiger partial charge in [0, 0.05) is 19.5 Å². The van der Waals surface area contributed by atoms with Crippen molar-refractivity contribution in [2.45, 2.75) is 32.6 Å². The molecule has 0 saturated carbocycles. The van der Waals surface area contributed by atoms with E-state index in [9.17, 15) is 9.59 Å². The fourth-order valence-corrected chi connectivity index (χ4v) is 3.24. The molecule has 0 radical (unpaired) electrons. The Morgan fingerprint density at radius 3 is 2.79 bits per heavy atom. The highest BCUT2D eigenvalue weighted by molar-refractivity contribution is 5.85. The summed E-state index contributed by atoms with van der Waals surface area (Å²) in [7, 11) is 0. The number of hydrogen-bond acceptors (Lipinski definition) is 3. The summed E-state index contributed by atoms with van der Waals surface area (Å²) in [5, 5.41) is 0. The van der Waals surface area contributed by atoms with Gasteiger partial charge in [0.1, 0.15) is 0 Å². The molecule has 24 heavy (non-hydrogen) atoms. The first-order chi connectivity index (χ1) is 11.0. The van der Waals surface area contributed by atoms with Crippen LogP contribution in [0.2, 0.25) is 0 Å². The molecule has 1 unspecified atom stereocenters. The van der Waals surface area contributed by atoms with E-state index in [4.69, 9.17) is 5.73 Å². The summed E-state index contributed by atoms with van der Waals surface area (Å²) < 4.78 is 0. The monoisotopic (exact) mass is 352 g/mol. The first-order valence-electron chi connectivity index (χ1n) is 8.18. The minimum absolute atomic E-state index is 0. The van der Waals surface area contributed by atoms with Gasteiger partial charge < -0.3 is 20.6 Å². The van der Waals surface area contributed by atoms with E-state index < -0.39 is 0 Å². The van der Waals surface area contributed by atoms with Crippen molar-refractivity contribution in [3.05, 3.63) is 34.2 Å². The van der Waals surface area contributed by atoms with Crippen LogP contribution >= 0.6 is 12.4 Å². The molecule has 2 heterocycles. The smallest absolute Gasteiger partial charge is 0.323 e. The van der Waals surface area contributed by atoms with E-state index in [0.29, 0.717) is 13.0 Å². The van der Waals surface area contributed by atoms with Crippen molar-refractivity contribution in [2.24, 2.45) is 11.1 Å². The third-order valence-corrected chi connectivity index (χ3v) is 4.84. The Labute approximate surface area is 147 Å². The zero-order valence-corrected chi connectivity index (χ0v) is 14.7. The third kappa shape index (κ3) is 3.99. The summed E-state index contributed by atoms with van der Waals surface area (Å²) in [5.41, 5.74) is 8.44. The van der Waals surface area contributed by atoms with Crippen LogP contribution < -0.4 is 11.4 Å². The van der Waals surface area contributed by atoms with Gasteiger partial charge in [-0.05, 0) is 48.9 Å². The normalized spacial score (nSPS) is 20.3. The van der Waals surface area contributed by atoms with E-state index in [1.54, 1.807) is 0 Å². The number of rotatable bonds is 5. The highest BCUT2D eigenvalue weighted by atomic mass is 35.5. The van der Waals surface area contributed by atoms with E-state index in [2.05, 4.69) is 16.9 Å². The van der Waals surface area contributed by atoms with Gasteiger partial charge in [-0.3, -0.25) is 4.79 Å². The van der Waals surface area contributed by atoms with Gasteiger partial charge in [0.25, 0.3) is 0 Å². The number of nitrogens with one attached hydrogen (secondary N) is 2. The second-order valence-electron chi connectivity index (χ2n) is 6.89. The zero-order valence-electron chi connectivity index (χ0n) is 13.9. The van der Waals surface area contributed by atoms with E-state index >= 15 is 0 Å². The standard InChI is InChI=1S/C17H24N4O2.ClH/c1-17(10-18)7-8-21(11-17)15(22)4-2-3-12-5-6-13-14(9-12)20-16(23)19-13;/h5-6,9H,2-4,7-8,10-11,18H2,1H3,(H2,19,20,23);1H. The minimum atomic E-state index is -0.190. The predicted molar refractivity (Wildman–Crippen MR) is 97.5 cm³/mol. The van der Waals surface area contributed by atoms with Crippen LogP contribution in [0.5, 0.6) is 0 Å². The number of benzene rings is 1. The van der Waals surface area contributed by atoms with Gasteiger partial charge in [-0.1, -0.05) is 13.0 Å². The van der Waals surface area contributed by atoms with Crippen molar-refractivity contribution in [3.63, 3.8) is 0 Å². The van der Waals surface area contributed by atoms with Crippen molar-refractivity contribution in [1.82, 2.24) is 14.9 Å². The maximum absolute atomic E-state index is 12.3. The number of halogens is 1. The maximum Gasteiger partial charge on any atom is 0.323 e. The Morgan fingerprint density at radius 2 is 2.08 bits per heavy atom. The number of hydrogen-bond donors (Lipinski definition) is 3. The number of aromatic nitrogens is 2. The highest BCUT2D eigenvalue weighted by Crippen LogP contribution is 2.29. The number of carbonyl (C=O) groups excluding carboxylic acids is 1. The molecule has 6 nitrogen and oxygen atoms in total. The number of fused-ring (bicyclic) bond motifs is 1. The molecule has 132 valence electrons. The van der Waals surface area contributed by atoms with Crippen LogP contribution in [0.1, 0.15) is 31.7 Å². The lowest BCUT2D eigenvalue weighted by Crippen LogP contribution is -2.34. The molecule has 1 fully saturated rings. The van der Waals surface area contributed by atoms with Gasteiger partial charge in [0.15, 0.2) is 0 Å². The lowest BCUT2D eigenvalue weighted by Gasteiger charge is -2.22. The highest BCUT2D eigenvalue weighted by Gasteiger charge is 2.34. The van der Waals surface area contributed by atoms with E-state index in [-0.39, 0.29) is 29.4 Å². The second kappa shape index (κ2) is 7.40. The van der Waals surface area contributed by atoms with E-state index in [1.807, 2.05) is 23.1 Å². The first kappa shape index (κ1) is 18.5. The Balaban J connectivity index is 0.00000208. The Morgan fingerprint density at radius 1 is 1.33 bits per heavy atom. The van der Waals surface area contributed by atoms with Crippen LogP contribution in [0.15, 0.2) is 23.0 Å². The topological polar surface area (TPSA) is 95.0 Å². The van der Waals surface area contributed by atoms with Crippen molar-refractivity contribution < 1.29 is 4.79 Å². The van der Waals surface area contributed by atoms with Gasteiger partial charge >= 0.3 is 5.69 Å². The zero-order chi connectivity index (χ0) is 16.4. The molecule has 0 spiro atoms. The number of nitrogens with two attached hydrogens (primary N) is 1. The summed E-state index contributed by atoms with van der Waals surface area (Å²) >= 11 is 0. The molecule has 1 aromatic heterocycles.